The van der Waals surface area contributed by atoms with Crippen molar-refractivity contribution in [3.63, 3.8) is 0 Å². The molecule has 5 heteroatoms. The number of hydrogen-bond donors (Lipinski definition) is 2. The van der Waals surface area contributed by atoms with Crippen molar-refractivity contribution in [3.8, 4) is 0 Å². The van der Waals surface area contributed by atoms with E-state index in [-0.39, 0.29) is 5.41 Å². The number of nitrogens with one attached hydrogen (secondary N) is 2. The van der Waals surface area contributed by atoms with Gasteiger partial charge in [-0.25, -0.2) is 4.98 Å². The molecule has 2 rings (SSSR count). The van der Waals surface area contributed by atoms with E-state index in [0.717, 1.165) is 30.4 Å². The summed E-state index contributed by atoms with van der Waals surface area (Å²) in [6.07, 6.45) is 0.947. The SMILES string of the molecule is CN=C(NCCc1ccc(C(C)(C)C)cc1)NCc1nc(C)c(C)o1. The van der Waals surface area contributed by atoms with Crippen LogP contribution in [0.3, 0.4) is 0 Å². The Morgan fingerprint density at radius 1 is 1.12 bits per heavy atom. The van der Waals surface area contributed by atoms with Crippen molar-refractivity contribution in [3.05, 3.63) is 52.7 Å². The van der Waals surface area contributed by atoms with Gasteiger partial charge in [-0.1, -0.05) is 45.0 Å². The molecule has 0 spiro atoms. The Labute approximate surface area is 151 Å². The molecule has 0 aliphatic carbocycles. The van der Waals surface area contributed by atoms with Crippen LogP contribution in [0.4, 0.5) is 0 Å². The molecule has 1 aromatic heterocycles. The number of rotatable bonds is 5. The molecule has 2 aromatic rings. The van der Waals surface area contributed by atoms with Crippen LogP contribution in [-0.4, -0.2) is 24.5 Å². The fraction of sp³-hybridized carbons (Fsp3) is 0.500. The lowest BCUT2D eigenvalue weighted by atomic mass is 9.86. The zero-order valence-electron chi connectivity index (χ0n) is 16.2. The van der Waals surface area contributed by atoms with Gasteiger partial charge < -0.3 is 15.1 Å². The highest BCUT2D eigenvalue weighted by Crippen LogP contribution is 2.22. The van der Waals surface area contributed by atoms with Gasteiger partial charge in [0.1, 0.15) is 5.76 Å². The number of hydrogen-bond acceptors (Lipinski definition) is 3. The minimum atomic E-state index is 0.194. The summed E-state index contributed by atoms with van der Waals surface area (Å²) in [6, 6.07) is 8.85. The van der Waals surface area contributed by atoms with E-state index in [0.29, 0.717) is 12.4 Å². The summed E-state index contributed by atoms with van der Waals surface area (Å²) in [4.78, 5) is 8.60. The summed E-state index contributed by atoms with van der Waals surface area (Å²) < 4.78 is 5.57. The molecule has 0 saturated carbocycles. The number of guanidine groups is 1. The van der Waals surface area contributed by atoms with Crippen molar-refractivity contribution < 1.29 is 4.42 Å². The Hall–Kier alpha value is -2.30. The fourth-order valence-electron chi connectivity index (χ4n) is 2.49. The van der Waals surface area contributed by atoms with E-state index in [2.05, 4.69) is 65.6 Å². The summed E-state index contributed by atoms with van der Waals surface area (Å²) in [5.41, 5.74) is 3.80. The van der Waals surface area contributed by atoms with Gasteiger partial charge in [-0.15, -0.1) is 0 Å². The lowest BCUT2D eigenvalue weighted by Gasteiger charge is -2.19. The van der Waals surface area contributed by atoms with Crippen molar-refractivity contribution in [2.75, 3.05) is 13.6 Å². The van der Waals surface area contributed by atoms with Crippen molar-refractivity contribution in [2.45, 2.75) is 53.0 Å². The lowest BCUT2D eigenvalue weighted by molar-refractivity contribution is 0.464. The molecule has 2 N–H and O–H groups in total. The monoisotopic (exact) mass is 342 g/mol. The highest BCUT2D eigenvalue weighted by Gasteiger charge is 2.12. The van der Waals surface area contributed by atoms with Gasteiger partial charge in [0.25, 0.3) is 0 Å². The minimum Gasteiger partial charge on any atom is -0.444 e. The quantitative estimate of drug-likeness (QED) is 0.645. The van der Waals surface area contributed by atoms with Gasteiger partial charge in [0, 0.05) is 13.6 Å². The maximum absolute atomic E-state index is 5.57. The van der Waals surface area contributed by atoms with Crippen LogP contribution in [0.15, 0.2) is 33.7 Å². The second-order valence-corrected chi connectivity index (χ2v) is 7.30. The smallest absolute Gasteiger partial charge is 0.214 e. The maximum atomic E-state index is 5.57. The Balaban J connectivity index is 1.79. The molecule has 0 radical (unpaired) electrons. The molecule has 136 valence electrons. The maximum Gasteiger partial charge on any atom is 0.214 e. The Kier molecular flexibility index (Phi) is 6.23. The topological polar surface area (TPSA) is 62.5 Å². The van der Waals surface area contributed by atoms with Crippen LogP contribution in [0.25, 0.3) is 0 Å². The molecule has 0 aliphatic rings. The summed E-state index contributed by atoms with van der Waals surface area (Å²) in [7, 11) is 1.76. The first kappa shape index (κ1) is 19.0. The van der Waals surface area contributed by atoms with Crippen LogP contribution in [0, 0.1) is 13.8 Å². The van der Waals surface area contributed by atoms with Crippen molar-refractivity contribution >= 4 is 5.96 Å². The van der Waals surface area contributed by atoms with Gasteiger partial charge in [-0.3, -0.25) is 4.99 Å². The predicted octanol–water partition coefficient (Wildman–Crippen LogP) is 3.50. The summed E-state index contributed by atoms with van der Waals surface area (Å²) in [5.74, 6) is 2.29. The fourth-order valence-corrected chi connectivity index (χ4v) is 2.49. The molecule has 25 heavy (non-hydrogen) atoms. The summed E-state index contributed by atoms with van der Waals surface area (Å²) >= 11 is 0. The zero-order chi connectivity index (χ0) is 18.4. The van der Waals surface area contributed by atoms with E-state index in [1.165, 1.54) is 11.1 Å². The molecular formula is C20H30N4O. The third-order valence-electron chi connectivity index (χ3n) is 4.23. The number of nitrogens with zero attached hydrogens (tertiary/aromatic N) is 2. The van der Waals surface area contributed by atoms with E-state index >= 15 is 0 Å². The highest BCUT2D eigenvalue weighted by atomic mass is 16.4. The number of aromatic nitrogens is 1. The number of aliphatic imine (C=N–C) groups is 1. The van der Waals surface area contributed by atoms with Crippen LogP contribution in [0.5, 0.6) is 0 Å². The third kappa shape index (κ3) is 5.62. The summed E-state index contributed by atoms with van der Waals surface area (Å²) in [5, 5.41) is 6.55. The molecule has 0 amide bonds. The van der Waals surface area contributed by atoms with Crippen molar-refractivity contribution in [1.82, 2.24) is 15.6 Å². The molecule has 0 atom stereocenters. The predicted molar refractivity (Wildman–Crippen MR) is 103 cm³/mol. The average Bonchev–Trinajstić information content (AvgIpc) is 2.88. The van der Waals surface area contributed by atoms with E-state index in [1.54, 1.807) is 7.05 Å². The average molecular weight is 342 g/mol. The minimum absolute atomic E-state index is 0.194. The second kappa shape index (κ2) is 8.19. The van der Waals surface area contributed by atoms with Crippen LogP contribution in [-0.2, 0) is 18.4 Å². The Morgan fingerprint density at radius 3 is 2.32 bits per heavy atom. The molecule has 0 aliphatic heterocycles. The molecule has 0 fully saturated rings. The lowest BCUT2D eigenvalue weighted by Crippen LogP contribution is -2.37. The first-order valence-corrected chi connectivity index (χ1v) is 8.76. The van der Waals surface area contributed by atoms with Gasteiger partial charge in [0.2, 0.25) is 5.89 Å². The van der Waals surface area contributed by atoms with E-state index in [1.807, 2.05) is 13.8 Å². The molecule has 1 heterocycles. The van der Waals surface area contributed by atoms with Gasteiger partial charge in [-0.2, -0.15) is 0 Å². The summed E-state index contributed by atoms with van der Waals surface area (Å²) in [6.45, 7) is 11.9. The van der Waals surface area contributed by atoms with Gasteiger partial charge >= 0.3 is 0 Å². The molecule has 0 unspecified atom stereocenters. The van der Waals surface area contributed by atoms with E-state index < -0.39 is 0 Å². The van der Waals surface area contributed by atoms with E-state index in [4.69, 9.17) is 4.42 Å². The van der Waals surface area contributed by atoms with Crippen LogP contribution < -0.4 is 10.6 Å². The van der Waals surface area contributed by atoms with Crippen molar-refractivity contribution in [1.29, 1.82) is 0 Å². The van der Waals surface area contributed by atoms with Crippen LogP contribution >= 0.6 is 0 Å². The van der Waals surface area contributed by atoms with Gasteiger partial charge in [-0.05, 0) is 36.8 Å². The van der Waals surface area contributed by atoms with Crippen LogP contribution in [0.1, 0.15) is 49.2 Å². The van der Waals surface area contributed by atoms with Gasteiger partial charge in [0.05, 0.1) is 12.2 Å². The molecule has 1 aromatic carbocycles. The first-order chi connectivity index (χ1) is 11.8. The van der Waals surface area contributed by atoms with E-state index in [9.17, 15) is 0 Å². The highest BCUT2D eigenvalue weighted by molar-refractivity contribution is 5.79. The molecule has 0 saturated heterocycles. The Morgan fingerprint density at radius 2 is 1.80 bits per heavy atom. The molecule has 0 bridgehead atoms. The number of oxazole rings is 1. The van der Waals surface area contributed by atoms with Gasteiger partial charge in [0.15, 0.2) is 5.96 Å². The number of aryl methyl sites for hydroxylation is 2. The first-order valence-electron chi connectivity index (χ1n) is 8.76. The third-order valence-corrected chi connectivity index (χ3v) is 4.23. The largest absolute Gasteiger partial charge is 0.444 e. The zero-order valence-corrected chi connectivity index (χ0v) is 16.2. The second-order valence-electron chi connectivity index (χ2n) is 7.30. The standard InChI is InChI=1S/C20H30N4O/c1-14-15(2)25-18(24-14)13-23-19(21-6)22-12-11-16-7-9-17(10-8-16)20(3,4)5/h7-10H,11-13H2,1-6H3,(H2,21,22,23). The van der Waals surface area contributed by atoms with Crippen molar-refractivity contribution in [2.24, 2.45) is 4.99 Å². The number of benzene rings is 1. The Bertz CT molecular complexity index is 689. The molecular weight excluding hydrogens is 312 g/mol. The normalized spacial score (nSPS) is 12.3. The van der Waals surface area contributed by atoms with Crippen LogP contribution in [0.2, 0.25) is 0 Å². The molecule has 5 nitrogen and oxygen atoms in total.